The molecular formula is C6H5BF2O3. The second-order valence-electron chi connectivity index (χ2n) is 2.17. The Hall–Kier alpha value is -1.14. The summed E-state index contributed by atoms with van der Waals surface area (Å²) in [5, 5.41) is 25.7. The molecule has 0 saturated carbocycles. The predicted octanol–water partition coefficient (Wildman–Crippen LogP) is -0.650. The largest absolute Gasteiger partial charge is 0.505 e. The molecule has 1 aromatic carbocycles. The van der Waals surface area contributed by atoms with E-state index in [1.165, 1.54) is 0 Å². The van der Waals surface area contributed by atoms with Gasteiger partial charge in [-0.25, -0.2) is 8.78 Å². The lowest BCUT2D eigenvalue weighted by Gasteiger charge is -2.03. The quantitative estimate of drug-likeness (QED) is 0.495. The van der Waals surface area contributed by atoms with Crippen molar-refractivity contribution in [3.05, 3.63) is 23.8 Å². The van der Waals surface area contributed by atoms with E-state index in [0.717, 1.165) is 12.1 Å². The van der Waals surface area contributed by atoms with Crippen LogP contribution in [0.25, 0.3) is 0 Å². The van der Waals surface area contributed by atoms with Crippen LogP contribution < -0.4 is 5.46 Å². The van der Waals surface area contributed by atoms with Crippen molar-refractivity contribution >= 4 is 12.6 Å². The van der Waals surface area contributed by atoms with E-state index in [-0.39, 0.29) is 0 Å². The summed E-state index contributed by atoms with van der Waals surface area (Å²) in [5.74, 6) is -3.29. The van der Waals surface area contributed by atoms with E-state index in [9.17, 15) is 8.78 Å². The first-order valence-corrected chi connectivity index (χ1v) is 3.07. The van der Waals surface area contributed by atoms with E-state index >= 15 is 0 Å². The summed E-state index contributed by atoms with van der Waals surface area (Å²) in [6.45, 7) is 0. The third-order valence-electron chi connectivity index (χ3n) is 1.36. The topological polar surface area (TPSA) is 60.7 Å². The average Bonchev–Trinajstić information content (AvgIpc) is 1.97. The molecule has 0 fully saturated rings. The van der Waals surface area contributed by atoms with Gasteiger partial charge >= 0.3 is 7.12 Å². The molecule has 6 heteroatoms. The van der Waals surface area contributed by atoms with E-state index < -0.39 is 30.0 Å². The molecule has 1 aromatic rings. The minimum atomic E-state index is -2.27. The summed E-state index contributed by atoms with van der Waals surface area (Å²) in [4.78, 5) is 0. The lowest BCUT2D eigenvalue weighted by atomic mass is 9.79. The van der Waals surface area contributed by atoms with Crippen molar-refractivity contribution in [2.45, 2.75) is 0 Å². The molecular weight excluding hydrogens is 169 g/mol. The summed E-state index contributed by atoms with van der Waals surface area (Å²) in [6.07, 6.45) is 0. The Labute approximate surface area is 67.0 Å². The van der Waals surface area contributed by atoms with E-state index in [4.69, 9.17) is 15.2 Å². The maximum Gasteiger partial charge on any atom is 0.494 e. The number of hydrogen-bond acceptors (Lipinski definition) is 3. The molecule has 0 aromatic heterocycles. The van der Waals surface area contributed by atoms with Crippen LogP contribution in [0.2, 0.25) is 0 Å². The number of phenolic OH excluding ortho intramolecular Hbond substituents is 1. The Morgan fingerprint density at radius 3 is 2.17 bits per heavy atom. The van der Waals surface area contributed by atoms with Crippen LogP contribution in [-0.2, 0) is 0 Å². The van der Waals surface area contributed by atoms with E-state index in [1.807, 2.05) is 0 Å². The Kier molecular flexibility index (Phi) is 2.30. The molecule has 0 unspecified atom stereocenters. The second kappa shape index (κ2) is 3.08. The zero-order valence-corrected chi connectivity index (χ0v) is 5.83. The lowest BCUT2D eigenvalue weighted by molar-refractivity contribution is 0.407. The van der Waals surface area contributed by atoms with E-state index in [2.05, 4.69) is 0 Å². The van der Waals surface area contributed by atoms with Gasteiger partial charge in [0, 0.05) is 0 Å². The van der Waals surface area contributed by atoms with Crippen molar-refractivity contribution < 1.29 is 23.9 Å². The molecule has 0 bridgehead atoms. The van der Waals surface area contributed by atoms with Gasteiger partial charge < -0.3 is 15.2 Å². The third kappa shape index (κ3) is 1.39. The van der Waals surface area contributed by atoms with Gasteiger partial charge in [0.2, 0.25) is 0 Å². The lowest BCUT2D eigenvalue weighted by Crippen LogP contribution is -2.35. The molecule has 0 saturated heterocycles. The van der Waals surface area contributed by atoms with Gasteiger partial charge in [-0.2, -0.15) is 0 Å². The summed E-state index contributed by atoms with van der Waals surface area (Å²) >= 11 is 0. The summed E-state index contributed by atoms with van der Waals surface area (Å²) in [6, 6.07) is 1.53. The molecule has 0 spiro atoms. The molecule has 3 nitrogen and oxygen atoms in total. The Morgan fingerprint density at radius 1 is 1.17 bits per heavy atom. The molecule has 0 aliphatic carbocycles. The highest BCUT2D eigenvalue weighted by Crippen LogP contribution is 2.13. The number of rotatable bonds is 1. The highest BCUT2D eigenvalue weighted by atomic mass is 19.1. The normalized spacial score (nSPS) is 10.0. The van der Waals surface area contributed by atoms with Crippen LogP contribution in [0, 0.1) is 11.6 Å². The fraction of sp³-hybridized carbons (Fsp3) is 0. The third-order valence-corrected chi connectivity index (χ3v) is 1.36. The van der Waals surface area contributed by atoms with Crippen molar-refractivity contribution in [1.29, 1.82) is 0 Å². The minimum absolute atomic E-state index is 0.743. The Balaban J connectivity index is 3.33. The molecule has 0 aliphatic heterocycles. The van der Waals surface area contributed by atoms with E-state index in [1.54, 1.807) is 0 Å². The maximum atomic E-state index is 12.7. The molecule has 3 N–H and O–H groups in total. The molecule has 0 aliphatic rings. The highest BCUT2D eigenvalue weighted by molar-refractivity contribution is 6.58. The van der Waals surface area contributed by atoms with Gasteiger partial charge in [-0.15, -0.1) is 0 Å². The van der Waals surface area contributed by atoms with Crippen molar-refractivity contribution in [1.82, 2.24) is 0 Å². The average molecular weight is 174 g/mol. The van der Waals surface area contributed by atoms with Gasteiger partial charge in [0.05, 0.1) is 5.46 Å². The van der Waals surface area contributed by atoms with Crippen LogP contribution in [0.3, 0.4) is 0 Å². The standard InChI is InChI=1S/C6H5BF2O3/c8-3-1-2-4(10)6(9)5(3)7(11)12/h1-2,10-12H. The minimum Gasteiger partial charge on any atom is -0.505 e. The van der Waals surface area contributed by atoms with Crippen molar-refractivity contribution in [3.63, 3.8) is 0 Å². The number of aromatic hydroxyl groups is 1. The smallest absolute Gasteiger partial charge is 0.494 e. The van der Waals surface area contributed by atoms with Gasteiger partial charge in [0.25, 0.3) is 0 Å². The van der Waals surface area contributed by atoms with Gasteiger partial charge in [0.15, 0.2) is 11.6 Å². The van der Waals surface area contributed by atoms with Gasteiger partial charge in [0.1, 0.15) is 5.82 Å². The fourth-order valence-electron chi connectivity index (χ4n) is 0.795. The number of halogens is 2. The molecule has 0 amide bonds. The first kappa shape index (κ1) is 8.96. The zero-order chi connectivity index (χ0) is 9.30. The van der Waals surface area contributed by atoms with Crippen LogP contribution in [0.1, 0.15) is 0 Å². The number of hydrogen-bond donors (Lipinski definition) is 3. The molecule has 0 heterocycles. The van der Waals surface area contributed by atoms with Crippen molar-refractivity contribution in [3.8, 4) is 5.75 Å². The number of phenols is 1. The SMILES string of the molecule is OB(O)c1c(F)ccc(O)c1F. The first-order chi connectivity index (χ1) is 5.54. The van der Waals surface area contributed by atoms with Crippen LogP contribution in [0.4, 0.5) is 8.78 Å². The Bertz CT molecular complexity index is 303. The molecule has 64 valence electrons. The van der Waals surface area contributed by atoms with Gasteiger partial charge in [-0.3, -0.25) is 0 Å². The predicted molar refractivity (Wildman–Crippen MR) is 37.8 cm³/mol. The molecule has 1 rings (SSSR count). The van der Waals surface area contributed by atoms with Gasteiger partial charge in [-0.1, -0.05) is 0 Å². The van der Waals surface area contributed by atoms with Crippen LogP contribution in [0.15, 0.2) is 12.1 Å². The number of benzene rings is 1. The zero-order valence-electron chi connectivity index (χ0n) is 5.83. The first-order valence-electron chi connectivity index (χ1n) is 3.07. The molecule has 0 atom stereocenters. The summed E-state index contributed by atoms with van der Waals surface area (Å²) in [5.41, 5.74) is -0.949. The Morgan fingerprint density at radius 2 is 1.75 bits per heavy atom. The second-order valence-corrected chi connectivity index (χ2v) is 2.17. The molecule has 12 heavy (non-hydrogen) atoms. The monoisotopic (exact) mass is 174 g/mol. The van der Waals surface area contributed by atoms with Crippen LogP contribution in [0.5, 0.6) is 5.75 Å². The summed E-state index contributed by atoms with van der Waals surface area (Å²) < 4.78 is 25.3. The van der Waals surface area contributed by atoms with Crippen molar-refractivity contribution in [2.75, 3.05) is 0 Å². The fourth-order valence-corrected chi connectivity index (χ4v) is 0.795. The van der Waals surface area contributed by atoms with Crippen LogP contribution >= 0.6 is 0 Å². The van der Waals surface area contributed by atoms with Crippen LogP contribution in [-0.4, -0.2) is 22.3 Å². The maximum absolute atomic E-state index is 12.7. The molecule has 0 radical (unpaired) electrons. The highest BCUT2D eigenvalue weighted by Gasteiger charge is 2.23. The van der Waals surface area contributed by atoms with Crippen molar-refractivity contribution in [2.24, 2.45) is 0 Å². The van der Waals surface area contributed by atoms with Gasteiger partial charge in [-0.05, 0) is 12.1 Å². The van der Waals surface area contributed by atoms with E-state index in [0.29, 0.717) is 0 Å². The summed E-state index contributed by atoms with van der Waals surface area (Å²) in [7, 11) is -2.27.